The van der Waals surface area contributed by atoms with Gasteiger partial charge in [0.15, 0.2) is 11.5 Å². The summed E-state index contributed by atoms with van der Waals surface area (Å²) in [5.41, 5.74) is 3.39. The van der Waals surface area contributed by atoms with Crippen LogP contribution < -0.4 is 10.2 Å². The number of hydrogen-bond acceptors (Lipinski definition) is 4. The van der Waals surface area contributed by atoms with E-state index in [4.69, 9.17) is 4.74 Å². The molecule has 108 valence electrons. The van der Waals surface area contributed by atoms with Gasteiger partial charge < -0.3 is 9.84 Å². The molecule has 0 aliphatic rings. The van der Waals surface area contributed by atoms with E-state index in [1.54, 1.807) is 42.5 Å². The quantitative estimate of drug-likeness (QED) is 0.654. The number of carbonyl (C=O) groups is 1. The number of hydrogen-bond donors (Lipinski definition) is 2. The summed E-state index contributed by atoms with van der Waals surface area (Å²) in [5.74, 6) is 0.0696. The molecule has 0 spiro atoms. The smallest absolute Gasteiger partial charge is 0.271 e. The Morgan fingerprint density at radius 3 is 2.71 bits per heavy atom. The maximum atomic E-state index is 11.8. The molecule has 0 unspecified atom stereocenters. The number of aromatic hydroxyl groups is 1. The van der Waals surface area contributed by atoms with Crippen molar-refractivity contribution in [2.75, 3.05) is 6.61 Å². The van der Waals surface area contributed by atoms with Gasteiger partial charge in [0, 0.05) is 11.1 Å². The summed E-state index contributed by atoms with van der Waals surface area (Å²) in [6.07, 6.45) is 1.37. The third kappa shape index (κ3) is 3.82. The summed E-state index contributed by atoms with van der Waals surface area (Å²) in [7, 11) is 0. The summed E-state index contributed by atoms with van der Waals surface area (Å²) in [6.45, 7) is 2.29. The van der Waals surface area contributed by atoms with E-state index in [2.05, 4.69) is 10.5 Å². The Hall–Kier alpha value is -2.82. The normalized spacial score (nSPS) is 10.5. The average molecular weight is 284 g/mol. The van der Waals surface area contributed by atoms with Crippen molar-refractivity contribution in [1.82, 2.24) is 5.43 Å². The minimum absolute atomic E-state index is 0.00272. The third-order valence-corrected chi connectivity index (χ3v) is 2.74. The Bertz CT molecular complexity index is 639. The van der Waals surface area contributed by atoms with Gasteiger partial charge in [-0.05, 0) is 31.2 Å². The van der Waals surface area contributed by atoms with E-state index in [9.17, 15) is 9.90 Å². The zero-order valence-electron chi connectivity index (χ0n) is 11.6. The van der Waals surface area contributed by atoms with Crippen molar-refractivity contribution in [3.8, 4) is 11.5 Å². The highest BCUT2D eigenvalue weighted by Crippen LogP contribution is 2.28. The predicted molar refractivity (Wildman–Crippen MR) is 80.8 cm³/mol. The second-order valence-electron chi connectivity index (χ2n) is 4.19. The molecule has 0 aliphatic heterocycles. The topological polar surface area (TPSA) is 70.9 Å². The van der Waals surface area contributed by atoms with Crippen molar-refractivity contribution in [2.45, 2.75) is 6.92 Å². The number of nitrogens with zero attached hydrogens (tertiary/aromatic N) is 1. The van der Waals surface area contributed by atoms with Crippen molar-refractivity contribution in [1.29, 1.82) is 0 Å². The standard InChI is InChI=1S/C16H16N2O3/c1-2-21-14-10-6-9-13(15(14)19)11-17-18-16(20)12-7-4-3-5-8-12/h3-11,19H,2H2,1H3,(H,18,20)/b17-11+. The number of rotatable bonds is 5. The fourth-order valence-corrected chi connectivity index (χ4v) is 1.73. The first-order chi connectivity index (χ1) is 10.2. The lowest BCUT2D eigenvalue weighted by Crippen LogP contribution is -2.17. The number of ether oxygens (including phenoxy) is 1. The van der Waals surface area contributed by atoms with Crippen LogP contribution in [-0.2, 0) is 0 Å². The highest BCUT2D eigenvalue weighted by Gasteiger charge is 2.06. The molecule has 0 radical (unpaired) electrons. The van der Waals surface area contributed by atoms with Crippen molar-refractivity contribution in [2.24, 2.45) is 5.10 Å². The SMILES string of the molecule is CCOc1cccc(/C=N/NC(=O)c2ccccc2)c1O. The summed E-state index contributed by atoms with van der Waals surface area (Å²) in [5, 5.41) is 13.8. The van der Waals surface area contributed by atoms with Crippen molar-refractivity contribution < 1.29 is 14.6 Å². The lowest BCUT2D eigenvalue weighted by atomic mass is 10.2. The van der Waals surface area contributed by atoms with Crippen LogP contribution in [-0.4, -0.2) is 23.8 Å². The van der Waals surface area contributed by atoms with E-state index in [1.807, 2.05) is 13.0 Å². The lowest BCUT2D eigenvalue weighted by Gasteiger charge is -2.07. The molecule has 0 atom stereocenters. The van der Waals surface area contributed by atoms with Crippen LogP contribution in [0.2, 0.25) is 0 Å². The van der Waals surface area contributed by atoms with Crippen LogP contribution in [0.1, 0.15) is 22.8 Å². The molecule has 0 heterocycles. The second kappa shape index (κ2) is 7.09. The highest BCUT2D eigenvalue weighted by molar-refractivity contribution is 5.95. The van der Waals surface area contributed by atoms with Gasteiger partial charge in [0.1, 0.15) is 0 Å². The van der Waals surface area contributed by atoms with Gasteiger partial charge in [-0.3, -0.25) is 4.79 Å². The molecule has 0 aliphatic carbocycles. The van der Waals surface area contributed by atoms with Gasteiger partial charge in [-0.2, -0.15) is 5.10 Å². The Kier molecular flexibility index (Phi) is 4.93. The molecular weight excluding hydrogens is 268 g/mol. The van der Waals surface area contributed by atoms with Crippen molar-refractivity contribution >= 4 is 12.1 Å². The zero-order valence-corrected chi connectivity index (χ0v) is 11.6. The molecule has 5 heteroatoms. The van der Waals surface area contributed by atoms with Crippen LogP contribution in [0.3, 0.4) is 0 Å². The van der Waals surface area contributed by atoms with Crippen LogP contribution in [0, 0.1) is 0 Å². The maximum absolute atomic E-state index is 11.8. The number of nitrogens with one attached hydrogen (secondary N) is 1. The molecule has 1 amide bonds. The van der Waals surface area contributed by atoms with Gasteiger partial charge in [0.25, 0.3) is 5.91 Å². The summed E-state index contributed by atoms with van der Waals surface area (Å²) in [6, 6.07) is 13.8. The Morgan fingerprint density at radius 1 is 1.24 bits per heavy atom. The molecule has 5 nitrogen and oxygen atoms in total. The first-order valence-electron chi connectivity index (χ1n) is 6.55. The van der Waals surface area contributed by atoms with Crippen LogP contribution in [0.5, 0.6) is 11.5 Å². The number of phenolic OH excluding ortho intramolecular Hbond substituents is 1. The Balaban J connectivity index is 2.05. The van der Waals surface area contributed by atoms with Crippen molar-refractivity contribution in [3.05, 3.63) is 59.7 Å². The molecule has 0 saturated heterocycles. The van der Waals surface area contributed by atoms with Crippen LogP contribution in [0.4, 0.5) is 0 Å². The first-order valence-corrected chi connectivity index (χ1v) is 6.55. The number of phenols is 1. The van der Waals surface area contributed by atoms with E-state index in [-0.39, 0.29) is 11.7 Å². The number of benzene rings is 2. The lowest BCUT2D eigenvalue weighted by molar-refractivity contribution is 0.0955. The minimum atomic E-state index is -0.313. The van der Waals surface area contributed by atoms with Gasteiger partial charge in [-0.25, -0.2) is 5.43 Å². The van der Waals surface area contributed by atoms with Crippen LogP contribution in [0.25, 0.3) is 0 Å². The number of para-hydroxylation sites is 1. The molecule has 2 rings (SSSR count). The molecule has 21 heavy (non-hydrogen) atoms. The third-order valence-electron chi connectivity index (χ3n) is 2.74. The zero-order chi connectivity index (χ0) is 15.1. The molecule has 2 aromatic rings. The van der Waals surface area contributed by atoms with E-state index >= 15 is 0 Å². The number of carbonyl (C=O) groups excluding carboxylic acids is 1. The summed E-state index contributed by atoms with van der Waals surface area (Å²) >= 11 is 0. The maximum Gasteiger partial charge on any atom is 0.271 e. The van der Waals surface area contributed by atoms with Gasteiger partial charge in [-0.15, -0.1) is 0 Å². The van der Waals surface area contributed by atoms with Gasteiger partial charge in [-0.1, -0.05) is 24.3 Å². The number of hydrazone groups is 1. The minimum Gasteiger partial charge on any atom is -0.504 e. The number of amides is 1. The van der Waals surface area contributed by atoms with E-state index in [0.717, 1.165) is 0 Å². The largest absolute Gasteiger partial charge is 0.504 e. The molecular formula is C16H16N2O3. The van der Waals surface area contributed by atoms with Crippen molar-refractivity contribution in [3.63, 3.8) is 0 Å². The van der Waals surface area contributed by atoms with Crippen LogP contribution >= 0.6 is 0 Å². The molecule has 0 aromatic heterocycles. The predicted octanol–water partition coefficient (Wildman–Crippen LogP) is 2.55. The molecule has 0 bridgehead atoms. The van der Waals surface area contributed by atoms with Gasteiger partial charge in [0.05, 0.1) is 12.8 Å². The average Bonchev–Trinajstić information content (AvgIpc) is 2.52. The monoisotopic (exact) mass is 284 g/mol. The van der Waals surface area contributed by atoms with Gasteiger partial charge in [0.2, 0.25) is 0 Å². The highest BCUT2D eigenvalue weighted by atomic mass is 16.5. The van der Waals surface area contributed by atoms with Gasteiger partial charge >= 0.3 is 0 Å². The fraction of sp³-hybridized carbons (Fsp3) is 0.125. The molecule has 2 N–H and O–H groups in total. The summed E-state index contributed by atoms with van der Waals surface area (Å²) in [4.78, 5) is 11.8. The van der Waals surface area contributed by atoms with E-state index in [0.29, 0.717) is 23.5 Å². The molecule has 0 saturated carbocycles. The first kappa shape index (κ1) is 14.6. The fourth-order valence-electron chi connectivity index (χ4n) is 1.73. The Morgan fingerprint density at radius 2 is 2.00 bits per heavy atom. The molecule has 2 aromatic carbocycles. The summed E-state index contributed by atoms with van der Waals surface area (Å²) < 4.78 is 5.28. The molecule has 0 fully saturated rings. The Labute approximate surface area is 122 Å². The second-order valence-corrected chi connectivity index (χ2v) is 4.19. The van der Waals surface area contributed by atoms with Crippen LogP contribution in [0.15, 0.2) is 53.6 Å². The van der Waals surface area contributed by atoms with E-state index < -0.39 is 0 Å². The van der Waals surface area contributed by atoms with E-state index in [1.165, 1.54) is 6.21 Å².